The molecule has 5 nitrogen and oxygen atoms in total. The molecule has 1 N–H and O–H groups in total. The molecule has 0 aliphatic heterocycles. The van der Waals surface area contributed by atoms with E-state index in [2.05, 4.69) is 10.2 Å². The van der Waals surface area contributed by atoms with Crippen molar-refractivity contribution in [2.75, 3.05) is 34.4 Å². The van der Waals surface area contributed by atoms with Crippen LogP contribution >= 0.6 is 0 Å². The summed E-state index contributed by atoms with van der Waals surface area (Å²) >= 11 is 0. The van der Waals surface area contributed by atoms with Gasteiger partial charge in [0, 0.05) is 12.1 Å². The average molecular weight is 378 g/mol. The highest BCUT2D eigenvalue weighted by molar-refractivity contribution is 5.84. The van der Waals surface area contributed by atoms with Gasteiger partial charge in [-0.05, 0) is 43.1 Å². The number of hydrogen-bond donors (Lipinski definition) is 1. The van der Waals surface area contributed by atoms with Crippen LogP contribution in [0.3, 0.4) is 0 Å². The Balaban J connectivity index is 1.58. The van der Waals surface area contributed by atoms with Crippen molar-refractivity contribution >= 4 is 16.7 Å². The molecule has 146 valence electrons. The van der Waals surface area contributed by atoms with Crippen LogP contribution in [-0.2, 0) is 4.79 Å². The summed E-state index contributed by atoms with van der Waals surface area (Å²) < 4.78 is 11.1. The number of hydrogen-bond acceptors (Lipinski definition) is 4. The van der Waals surface area contributed by atoms with Gasteiger partial charge in [-0.15, -0.1) is 0 Å². The Hall–Kier alpha value is -3.05. The van der Waals surface area contributed by atoms with Crippen molar-refractivity contribution in [3.05, 3.63) is 72.3 Å². The Labute approximate surface area is 165 Å². The van der Waals surface area contributed by atoms with Crippen LogP contribution in [0.1, 0.15) is 11.6 Å². The van der Waals surface area contributed by atoms with Crippen molar-refractivity contribution in [3.8, 4) is 11.5 Å². The smallest absolute Gasteiger partial charge is 0.258 e. The predicted octanol–water partition coefficient (Wildman–Crippen LogP) is 3.65. The topological polar surface area (TPSA) is 50.8 Å². The highest BCUT2D eigenvalue weighted by Gasteiger charge is 2.19. The quantitative estimate of drug-likeness (QED) is 0.650. The number of amides is 1. The van der Waals surface area contributed by atoms with E-state index in [1.807, 2.05) is 80.8 Å². The van der Waals surface area contributed by atoms with Gasteiger partial charge >= 0.3 is 0 Å². The third-order valence-electron chi connectivity index (χ3n) is 4.70. The van der Waals surface area contributed by atoms with Crippen LogP contribution in [0.2, 0.25) is 0 Å². The van der Waals surface area contributed by atoms with E-state index in [1.165, 1.54) is 0 Å². The summed E-state index contributed by atoms with van der Waals surface area (Å²) in [6, 6.07) is 21.7. The zero-order valence-electron chi connectivity index (χ0n) is 16.5. The van der Waals surface area contributed by atoms with Gasteiger partial charge in [-0.1, -0.05) is 48.5 Å². The Bertz CT molecular complexity index is 940. The Morgan fingerprint density at radius 1 is 1.00 bits per heavy atom. The molecule has 28 heavy (non-hydrogen) atoms. The first-order valence-corrected chi connectivity index (χ1v) is 9.26. The molecule has 3 aromatic rings. The van der Waals surface area contributed by atoms with E-state index in [1.54, 1.807) is 7.11 Å². The van der Waals surface area contributed by atoms with Crippen LogP contribution in [0.5, 0.6) is 11.5 Å². The van der Waals surface area contributed by atoms with Crippen molar-refractivity contribution in [2.45, 2.75) is 6.04 Å². The second-order valence-corrected chi connectivity index (χ2v) is 6.82. The Morgan fingerprint density at radius 2 is 1.71 bits per heavy atom. The molecular weight excluding hydrogens is 352 g/mol. The van der Waals surface area contributed by atoms with E-state index in [0.29, 0.717) is 12.3 Å². The van der Waals surface area contributed by atoms with Gasteiger partial charge in [0.2, 0.25) is 0 Å². The zero-order chi connectivity index (χ0) is 19.9. The molecule has 5 heteroatoms. The molecule has 0 saturated heterocycles. The van der Waals surface area contributed by atoms with Gasteiger partial charge in [0.25, 0.3) is 5.91 Å². The largest absolute Gasteiger partial charge is 0.496 e. The van der Waals surface area contributed by atoms with Crippen LogP contribution in [0, 0.1) is 0 Å². The Morgan fingerprint density at radius 3 is 2.46 bits per heavy atom. The molecule has 0 bridgehead atoms. The third kappa shape index (κ3) is 4.81. The summed E-state index contributed by atoms with van der Waals surface area (Å²) in [7, 11) is 5.62. The average Bonchev–Trinajstić information content (AvgIpc) is 2.72. The second kappa shape index (κ2) is 9.24. The number of methoxy groups -OCH3 is 1. The van der Waals surface area contributed by atoms with Crippen LogP contribution in [-0.4, -0.2) is 45.2 Å². The lowest BCUT2D eigenvalue weighted by atomic mass is 10.0. The fourth-order valence-corrected chi connectivity index (χ4v) is 3.18. The first kappa shape index (κ1) is 19.7. The summed E-state index contributed by atoms with van der Waals surface area (Å²) in [6.07, 6.45) is 0. The lowest BCUT2D eigenvalue weighted by Crippen LogP contribution is -2.37. The SMILES string of the molecule is COc1ccccc1C(CNC(=O)COc1ccc2ccccc2c1)N(C)C. The fraction of sp³-hybridized carbons (Fsp3) is 0.261. The van der Waals surface area contributed by atoms with Crippen molar-refractivity contribution in [3.63, 3.8) is 0 Å². The van der Waals surface area contributed by atoms with Crippen molar-refractivity contribution in [1.82, 2.24) is 10.2 Å². The molecule has 1 unspecified atom stereocenters. The first-order valence-electron chi connectivity index (χ1n) is 9.26. The van der Waals surface area contributed by atoms with E-state index in [0.717, 1.165) is 22.1 Å². The molecule has 0 aromatic heterocycles. The maximum atomic E-state index is 12.3. The predicted molar refractivity (Wildman–Crippen MR) is 112 cm³/mol. The second-order valence-electron chi connectivity index (χ2n) is 6.82. The number of carbonyl (C=O) groups excluding carboxylic acids is 1. The molecule has 0 aliphatic carbocycles. The van der Waals surface area contributed by atoms with Gasteiger partial charge in [0.15, 0.2) is 6.61 Å². The molecule has 0 heterocycles. The van der Waals surface area contributed by atoms with E-state index in [-0.39, 0.29) is 18.6 Å². The number of fused-ring (bicyclic) bond motifs is 1. The van der Waals surface area contributed by atoms with Gasteiger partial charge < -0.3 is 19.7 Å². The molecule has 1 amide bonds. The minimum absolute atomic E-state index is 0.000712. The zero-order valence-corrected chi connectivity index (χ0v) is 16.5. The lowest BCUT2D eigenvalue weighted by Gasteiger charge is -2.26. The van der Waals surface area contributed by atoms with Gasteiger partial charge in [0.05, 0.1) is 13.2 Å². The third-order valence-corrected chi connectivity index (χ3v) is 4.70. The van der Waals surface area contributed by atoms with Gasteiger partial charge in [-0.3, -0.25) is 4.79 Å². The summed E-state index contributed by atoms with van der Waals surface area (Å²) in [5, 5.41) is 5.19. The first-order chi connectivity index (χ1) is 13.6. The van der Waals surface area contributed by atoms with E-state index in [9.17, 15) is 4.79 Å². The van der Waals surface area contributed by atoms with E-state index < -0.39 is 0 Å². The summed E-state index contributed by atoms with van der Waals surface area (Å²) in [5.41, 5.74) is 1.03. The maximum Gasteiger partial charge on any atom is 0.258 e. The van der Waals surface area contributed by atoms with Crippen LogP contribution in [0.15, 0.2) is 66.7 Å². The summed E-state index contributed by atoms with van der Waals surface area (Å²) in [4.78, 5) is 14.4. The van der Waals surface area contributed by atoms with Crippen LogP contribution < -0.4 is 14.8 Å². The van der Waals surface area contributed by atoms with Crippen molar-refractivity contribution < 1.29 is 14.3 Å². The number of rotatable bonds is 8. The standard InChI is InChI=1S/C23H26N2O3/c1-25(2)21(20-10-6-7-11-22(20)27-3)15-24-23(26)16-28-19-13-12-17-8-4-5-9-18(17)14-19/h4-14,21H,15-16H2,1-3H3,(H,24,26). The minimum atomic E-state index is -0.157. The minimum Gasteiger partial charge on any atom is -0.496 e. The van der Waals surface area contributed by atoms with E-state index >= 15 is 0 Å². The number of ether oxygens (including phenoxy) is 2. The van der Waals surface area contributed by atoms with Gasteiger partial charge in [-0.2, -0.15) is 0 Å². The number of para-hydroxylation sites is 1. The number of likely N-dealkylation sites (N-methyl/N-ethyl adjacent to an activating group) is 1. The molecule has 1 atom stereocenters. The molecule has 3 rings (SSSR count). The van der Waals surface area contributed by atoms with E-state index in [4.69, 9.17) is 9.47 Å². The van der Waals surface area contributed by atoms with Crippen LogP contribution in [0.25, 0.3) is 10.8 Å². The summed E-state index contributed by atoms with van der Waals surface area (Å²) in [6.45, 7) is 0.442. The van der Waals surface area contributed by atoms with Crippen molar-refractivity contribution in [1.29, 1.82) is 0 Å². The molecule has 0 aliphatic rings. The molecule has 0 fully saturated rings. The molecule has 3 aromatic carbocycles. The normalized spacial score (nSPS) is 12.0. The fourth-order valence-electron chi connectivity index (χ4n) is 3.18. The molecule has 0 spiro atoms. The number of carbonyl (C=O) groups is 1. The molecular formula is C23H26N2O3. The molecule has 0 saturated carbocycles. The molecule has 0 radical (unpaired) electrons. The number of nitrogens with one attached hydrogen (secondary N) is 1. The highest BCUT2D eigenvalue weighted by atomic mass is 16.5. The lowest BCUT2D eigenvalue weighted by molar-refractivity contribution is -0.123. The summed E-state index contributed by atoms with van der Waals surface area (Å²) in [5.74, 6) is 1.33. The van der Waals surface area contributed by atoms with Gasteiger partial charge in [0.1, 0.15) is 11.5 Å². The van der Waals surface area contributed by atoms with Gasteiger partial charge in [-0.25, -0.2) is 0 Å². The number of benzene rings is 3. The maximum absolute atomic E-state index is 12.3. The van der Waals surface area contributed by atoms with Crippen molar-refractivity contribution in [2.24, 2.45) is 0 Å². The monoisotopic (exact) mass is 378 g/mol. The number of nitrogens with zero attached hydrogens (tertiary/aromatic N) is 1. The van der Waals surface area contributed by atoms with Crippen LogP contribution in [0.4, 0.5) is 0 Å². The highest BCUT2D eigenvalue weighted by Crippen LogP contribution is 2.27. The Kier molecular flexibility index (Phi) is 6.50.